The summed E-state index contributed by atoms with van der Waals surface area (Å²) in [5.41, 5.74) is 6.86. The summed E-state index contributed by atoms with van der Waals surface area (Å²) in [5.74, 6) is -0.124. The summed E-state index contributed by atoms with van der Waals surface area (Å²) in [4.78, 5) is 23.7. The molecular weight excluding hydrogens is 238 g/mol. The summed E-state index contributed by atoms with van der Waals surface area (Å²) in [5, 5.41) is 0.130. The molecule has 0 aromatic heterocycles. The molecule has 2 N–H and O–H groups in total. The third kappa shape index (κ3) is 1.73. The van der Waals surface area contributed by atoms with Crippen LogP contribution >= 0.6 is 11.8 Å². The Balaban J connectivity index is 2.36. The summed E-state index contributed by atoms with van der Waals surface area (Å²) < 4.78 is 4.75. The van der Waals surface area contributed by atoms with E-state index in [0.29, 0.717) is 17.9 Å². The highest BCUT2D eigenvalue weighted by Gasteiger charge is 2.54. The van der Waals surface area contributed by atoms with Crippen molar-refractivity contribution in [1.82, 2.24) is 0 Å². The van der Waals surface area contributed by atoms with Gasteiger partial charge in [0, 0.05) is 23.5 Å². The molecular formula is C12H15NO3S. The highest BCUT2D eigenvalue weighted by molar-refractivity contribution is 8.00. The maximum Gasteiger partial charge on any atom is 0.334 e. The Hall–Kier alpha value is -1.07. The lowest BCUT2D eigenvalue weighted by molar-refractivity contribution is -0.141. The maximum absolute atomic E-state index is 11.9. The van der Waals surface area contributed by atoms with Crippen molar-refractivity contribution in [2.45, 2.75) is 5.25 Å². The number of fused-ring (bicyclic) bond motifs is 1. The van der Waals surface area contributed by atoms with Crippen LogP contribution in [0.4, 0.5) is 0 Å². The van der Waals surface area contributed by atoms with E-state index in [1.165, 1.54) is 7.11 Å². The molecule has 0 amide bonds. The Labute approximate surface area is 104 Å². The molecule has 0 spiro atoms. The molecule has 3 atom stereocenters. The minimum atomic E-state index is -0.418. The van der Waals surface area contributed by atoms with Crippen molar-refractivity contribution in [1.29, 1.82) is 0 Å². The number of ether oxygens (including phenoxy) is 1. The summed E-state index contributed by atoms with van der Waals surface area (Å²) in [6.07, 6.45) is 1.64. The van der Waals surface area contributed by atoms with E-state index >= 15 is 0 Å². The molecule has 0 radical (unpaired) electrons. The van der Waals surface area contributed by atoms with Crippen molar-refractivity contribution in [3.63, 3.8) is 0 Å². The van der Waals surface area contributed by atoms with E-state index in [2.05, 4.69) is 6.58 Å². The molecule has 1 aliphatic heterocycles. The predicted octanol–water partition coefficient (Wildman–Crippen LogP) is 0.531. The first-order chi connectivity index (χ1) is 8.15. The smallest absolute Gasteiger partial charge is 0.334 e. The number of carbonyl (C=O) groups is 2. The Bertz CT molecular complexity index is 416. The SMILES string of the molecule is C=CC1=C(C(=O)OC)C2C(=O)[C@@H](CN)[C@H]2SC1. The van der Waals surface area contributed by atoms with Gasteiger partial charge in [0.05, 0.1) is 18.6 Å². The van der Waals surface area contributed by atoms with Crippen LogP contribution in [-0.2, 0) is 14.3 Å². The van der Waals surface area contributed by atoms with Crippen molar-refractivity contribution in [3.05, 3.63) is 23.8 Å². The number of thioether (sulfide) groups is 1. The second-order valence-corrected chi connectivity index (χ2v) is 5.30. The van der Waals surface area contributed by atoms with Crippen LogP contribution in [0, 0.1) is 11.8 Å². The zero-order chi connectivity index (χ0) is 12.6. The summed E-state index contributed by atoms with van der Waals surface area (Å²) in [6.45, 7) is 4.04. The van der Waals surface area contributed by atoms with E-state index in [9.17, 15) is 9.59 Å². The van der Waals surface area contributed by atoms with Crippen molar-refractivity contribution in [3.8, 4) is 0 Å². The lowest BCUT2D eigenvalue weighted by Crippen LogP contribution is -2.56. The fourth-order valence-electron chi connectivity index (χ4n) is 2.44. The minimum Gasteiger partial charge on any atom is -0.466 e. The summed E-state index contributed by atoms with van der Waals surface area (Å²) in [7, 11) is 1.33. The lowest BCUT2D eigenvalue weighted by Gasteiger charge is -2.45. The molecule has 0 aromatic carbocycles. The quantitative estimate of drug-likeness (QED) is 0.743. The number of Topliss-reactive ketones (excluding diaryl/α,β-unsaturated/α-hetero) is 1. The Morgan fingerprint density at radius 3 is 2.94 bits per heavy atom. The Kier molecular flexibility index (Phi) is 3.40. The number of nitrogens with two attached hydrogens (primary N) is 1. The monoisotopic (exact) mass is 253 g/mol. The number of allylic oxidation sites excluding steroid dienone is 1. The average molecular weight is 253 g/mol. The van der Waals surface area contributed by atoms with Crippen LogP contribution in [-0.4, -0.2) is 36.4 Å². The van der Waals surface area contributed by atoms with E-state index in [1.54, 1.807) is 17.8 Å². The molecule has 1 fully saturated rings. The number of rotatable bonds is 3. The molecule has 1 unspecified atom stereocenters. The van der Waals surface area contributed by atoms with Crippen LogP contribution in [0.15, 0.2) is 23.8 Å². The van der Waals surface area contributed by atoms with Crippen molar-refractivity contribution in [2.75, 3.05) is 19.4 Å². The average Bonchev–Trinajstić information content (AvgIpc) is 2.36. The van der Waals surface area contributed by atoms with Gasteiger partial charge in [-0.15, -0.1) is 0 Å². The van der Waals surface area contributed by atoms with Gasteiger partial charge in [0.15, 0.2) is 0 Å². The first-order valence-electron chi connectivity index (χ1n) is 5.44. The number of ketones is 1. The number of hydrogen-bond acceptors (Lipinski definition) is 5. The summed E-state index contributed by atoms with van der Waals surface area (Å²) >= 11 is 1.68. The predicted molar refractivity (Wildman–Crippen MR) is 66.5 cm³/mol. The van der Waals surface area contributed by atoms with Gasteiger partial charge >= 0.3 is 5.97 Å². The largest absolute Gasteiger partial charge is 0.466 e. The molecule has 1 aliphatic carbocycles. The van der Waals surface area contributed by atoms with Crippen LogP contribution in [0.3, 0.4) is 0 Å². The zero-order valence-corrected chi connectivity index (χ0v) is 10.5. The third-order valence-electron chi connectivity index (χ3n) is 3.39. The van der Waals surface area contributed by atoms with Gasteiger partial charge in [-0.3, -0.25) is 4.79 Å². The maximum atomic E-state index is 11.9. The molecule has 0 aromatic rings. The molecule has 2 rings (SSSR count). The molecule has 5 heteroatoms. The van der Waals surface area contributed by atoms with Crippen molar-refractivity contribution >= 4 is 23.5 Å². The van der Waals surface area contributed by atoms with Crippen LogP contribution in [0.25, 0.3) is 0 Å². The van der Waals surface area contributed by atoms with E-state index in [0.717, 1.165) is 5.57 Å². The van der Waals surface area contributed by atoms with Crippen LogP contribution < -0.4 is 5.73 Å². The lowest BCUT2D eigenvalue weighted by atomic mass is 9.67. The third-order valence-corrected chi connectivity index (χ3v) is 4.85. The van der Waals surface area contributed by atoms with Gasteiger partial charge < -0.3 is 10.5 Å². The van der Waals surface area contributed by atoms with Gasteiger partial charge in [-0.05, 0) is 5.57 Å². The van der Waals surface area contributed by atoms with Gasteiger partial charge in [0.2, 0.25) is 0 Å². The van der Waals surface area contributed by atoms with Crippen molar-refractivity contribution in [2.24, 2.45) is 17.6 Å². The Morgan fingerprint density at radius 2 is 2.41 bits per heavy atom. The molecule has 17 heavy (non-hydrogen) atoms. The first kappa shape index (κ1) is 12.4. The normalized spacial score (nSPS) is 31.6. The number of esters is 1. The van der Waals surface area contributed by atoms with Crippen LogP contribution in [0.1, 0.15) is 0 Å². The first-order valence-corrected chi connectivity index (χ1v) is 6.49. The van der Waals surface area contributed by atoms with E-state index in [-0.39, 0.29) is 22.9 Å². The van der Waals surface area contributed by atoms with E-state index < -0.39 is 5.97 Å². The summed E-state index contributed by atoms with van der Waals surface area (Å²) in [6, 6.07) is 0. The van der Waals surface area contributed by atoms with E-state index in [1.807, 2.05) is 0 Å². The molecule has 1 saturated carbocycles. The molecule has 0 bridgehead atoms. The number of hydrogen-bond donors (Lipinski definition) is 1. The molecule has 2 aliphatic rings. The molecule has 1 heterocycles. The fraction of sp³-hybridized carbons (Fsp3) is 0.500. The fourth-order valence-corrected chi connectivity index (χ4v) is 4.02. The minimum absolute atomic E-state index is 0.0597. The second-order valence-electron chi connectivity index (χ2n) is 4.13. The topological polar surface area (TPSA) is 69.4 Å². The van der Waals surface area contributed by atoms with Gasteiger partial charge in [-0.25, -0.2) is 4.79 Å². The van der Waals surface area contributed by atoms with Gasteiger partial charge in [-0.1, -0.05) is 12.7 Å². The zero-order valence-electron chi connectivity index (χ0n) is 9.64. The van der Waals surface area contributed by atoms with Crippen molar-refractivity contribution < 1.29 is 14.3 Å². The van der Waals surface area contributed by atoms with Crippen LogP contribution in [0.5, 0.6) is 0 Å². The Morgan fingerprint density at radius 1 is 1.71 bits per heavy atom. The van der Waals surface area contributed by atoms with Gasteiger partial charge in [0.25, 0.3) is 0 Å². The molecule has 92 valence electrons. The van der Waals surface area contributed by atoms with Gasteiger partial charge in [0.1, 0.15) is 5.78 Å². The standard InChI is InChI=1S/C12H15NO3S/c1-3-6-5-17-11-7(4-13)10(14)9(11)8(6)12(15)16-2/h3,7,9,11H,1,4-5,13H2,2H3/t7-,9?,11-/m1/s1. The highest BCUT2D eigenvalue weighted by Crippen LogP contribution is 2.48. The van der Waals surface area contributed by atoms with Crippen LogP contribution in [0.2, 0.25) is 0 Å². The molecule has 0 saturated heterocycles. The molecule has 4 nitrogen and oxygen atoms in total. The number of methoxy groups -OCH3 is 1. The van der Waals surface area contributed by atoms with Gasteiger partial charge in [-0.2, -0.15) is 11.8 Å². The second kappa shape index (κ2) is 4.66. The number of carbonyl (C=O) groups excluding carboxylic acids is 2. The van der Waals surface area contributed by atoms with E-state index in [4.69, 9.17) is 10.5 Å². The highest BCUT2D eigenvalue weighted by atomic mass is 32.2.